The van der Waals surface area contributed by atoms with E-state index >= 15 is 0 Å². The molecule has 25 heavy (non-hydrogen) atoms. The molecule has 1 amide bonds. The van der Waals surface area contributed by atoms with Crippen molar-refractivity contribution in [2.24, 2.45) is 5.92 Å². The van der Waals surface area contributed by atoms with Crippen molar-refractivity contribution in [2.45, 2.75) is 52.5 Å². The summed E-state index contributed by atoms with van der Waals surface area (Å²) in [7, 11) is 0. The van der Waals surface area contributed by atoms with Gasteiger partial charge in [0.25, 0.3) is 0 Å². The summed E-state index contributed by atoms with van der Waals surface area (Å²) in [6.07, 6.45) is 3.53. The van der Waals surface area contributed by atoms with Gasteiger partial charge in [0.2, 0.25) is 5.91 Å². The quantitative estimate of drug-likeness (QED) is 0.747. The maximum absolute atomic E-state index is 12.3. The van der Waals surface area contributed by atoms with Gasteiger partial charge in [-0.25, -0.2) is 0 Å². The molecule has 1 N–H and O–H groups in total. The molecule has 1 atom stereocenters. The molecule has 1 aromatic rings. The predicted octanol–water partition coefficient (Wildman–Crippen LogP) is 3.04. The van der Waals surface area contributed by atoms with Gasteiger partial charge in [0.1, 0.15) is 0 Å². The van der Waals surface area contributed by atoms with Crippen molar-refractivity contribution in [2.75, 3.05) is 32.8 Å². The lowest BCUT2D eigenvalue weighted by Gasteiger charge is -2.35. The molecule has 1 aliphatic heterocycles. The molecule has 1 aromatic carbocycles. The van der Waals surface area contributed by atoms with E-state index in [1.165, 1.54) is 11.1 Å². The SMILES string of the molecule is CCc1ccc(CCC(=O)NCC(CC(C)C)N2CCOCC2)cc1. The maximum atomic E-state index is 12.3. The maximum Gasteiger partial charge on any atom is 0.220 e. The van der Waals surface area contributed by atoms with Gasteiger partial charge in [-0.05, 0) is 36.3 Å². The molecule has 2 rings (SSSR count). The second-order valence-electron chi connectivity index (χ2n) is 7.41. The van der Waals surface area contributed by atoms with E-state index in [0.29, 0.717) is 18.4 Å². The van der Waals surface area contributed by atoms with Crippen LogP contribution in [0.15, 0.2) is 24.3 Å². The van der Waals surface area contributed by atoms with Crippen molar-refractivity contribution in [1.29, 1.82) is 0 Å². The molecule has 0 aromatic heterocycles. The lowest BCUT2D eigenvalue weighted by atomic mass is 10.0. The summed E-state index contributed by atoms with van der Waals surface area (Å²) >= 11 is 0. The molecule has 4 nitrogen and oxygen atoms in total. The number of amides is 1. The van der Waals surface area contributed by atoms with Crippen molar-refractivity contribution in [1.82, 2.24) is 10.2 Å². The fourth-order valence-electron chi connectivity index (χ4n) is 3.37. The van der Waals surface area contributed by atoms with Crippen molar-refractivity contribution >= 4 is 5.91 Å². The first-order chi connectivity index (χ1) is 12.1. The monoisotopic (exact) mass is 346 g/mol. The fraction of sp³-hybridized carbons (Fsp3) is 0.667. The number of hydrogen-bond donors (Lipinski definition) is 1. The molecule has 140 valence electrons. The van der Waals surface area contributed by atoms with E-state index in [1.807, 2.05) is 0 Å². The van der Waals surface area contributed by atoms with Crippen LogP contribution in [0.4, 0.5) is 0 Å². The van der Waals surface area contributed by atoms with Crippen molar-refractivity contribution in [3.63, 3.8) is 0 Å². The average Bonchev–Trinajstić information content (AvgIpc) is 2.64. The van der Waals surface area contributed by atoms with Crippen LogP contribution in [0.25, 0.3) is 0 Å². The Labute approximate surface area is 152 Å². The van der Waals surface area contributed by atoms with E-state index in [2.05, 4.69) is 55.3 Å². The highest BCUT2D eigenvalue weighted by Gasteiger charge is 2.22. The van der Waals surface area contributed by atoms with Crippen LogP contribution in [0.1, 0.15) is 44.7 Å². The Morgan fingerprint density at radius 3 is 2.40 bits per heavy atom. The van der Waals surface area contributed by atoms with Crippen LogP contribution in [0.3, 0.4) is 0 Å². The molecule has 1 aliphatic rings. The minimum atomic E-state index is 0.154. The van der Waals surface area contributed by atoms with Gasteiger partial charge in [0.05, 0.1) is 13.2 Å². The highest BCUT2D eigenvalue weighted by Crippen LogP contribution is 2.13. The third-order valence-corrected chi connectivity index (χ3v) is 4.91. The van der Waals surface area contributed by atoms with Crippen molar-refractivity contribution in [3.8, 4) is 0 Å². The molecule has 4 heteroatoms. The second-order valence-corrected chi connectivity index (χ2v) is 7.41. The van der Waals surface area contributed by atoms with Crippen LogP contribution in [0.5, 0.6) is 0 Å². The fourth-order valence-corrected chi connectivity index (χ4v) is 3.37. The zero-order valence-electron chi connectivity index (χ0n) is 16.1. The van der Waals surface area contributed by atoms with E-state index in [1.54, 1.807) is 0 Å². The summed E-state index contributed by atoms with van der Waals surface area (Å²) in [6, 6.07) is 9.01. The van der Waals surface area contributed by atoms with Gasteiger partial charge in [0.15, 0.2) is 0 Å². The van der Waals surface area contributed by atoms with Crippen LogP contribution in [-0.2, 0) is 22.4 Å². The van der Waals surface area contributed by atoms with Gasteiger partial charge in [0, 0.05) is 32.1 Å². The number of hydrogen-bond acceptors (Lipinski definition) is 3. The lowest BCUT2D eigenvalue weighted by Crippen LogP contribution is -2.49. The third-order valence-electron chi connectivity index (χ3n) is 4.91. The second kappa shape index (κ2) is 10.6. The number of ether oxygens (including phenoxy) is 1. The number of nitrogens with one attached hydrogen (secondary N) is 1. The van der Waals surface area contributed by atoms with Gasteiger partial charge in [-0.2, -0.15) is 0 Å². The number of carbonyl (C=O) groups excluding carboxylic acids is 1. The van der Waals surface area contributed by atoms with Gasteiger partial charge in [-0.15, -0.1) is 0 Å². The summed E-state index contributed by atoms with van der Waals surface area (Å²) in [5.74, 6) is 0.781. The minimum absolute atomic E-state index is 0.154. The van der Waals surface area contributed by atoms with Gasteiger partial charge in [-0.3, -0.25) is 9.69 Å². The van der Waals surface area contributed by atoms with Crippen LogP contribution >= 0.6 is 0 Å². The van der Waals surface area contributed by atoms with E-state index < -0.39 is 0 Å². The predicted molar refractivity (Wildman–Crippen MR) is 103 cm³/mol. The Morgan fingerprint density at radius 2 is 1.80 bits per heavy atom. The topological polar surface area (TPSA) is 41.6 Å². The number of morpholine rings is 1. The number of rotatable bonds is 9. The lowest BCUT2D eigenvalue weighted by molar-refractivity contribution is -0.121. The number of benzene rings is 1. The Balaban J connectivity index is 1.76. The Bertz CT molecular complexity index is 507. The Kier molecular flexibility index (Phi) is 8.42. The zero-order chi connectivity index (χ0) is 18.1. The highest BCUT2D eigenvalue weighted by atomic mass is 16.5. The average molecular weight is 347 g/mol. The van der Waals surface area contributed by atoms with E-state index in [-0.39, 0.29) is 5.91 Å². The molecular formula is C21H34N2O2. The Morgan fingerprint density at radius 1 is 1.16 bits per heavy atom. The summed E-state index contributed by atoms with van der Waals surface area (Å²) in [6.45, 7) is 10.9. The molecule has 0 aliphatic carbocycles. The zero-order valence-corrected chi connectivity index (χ0v) is 16.1. The number of nitrogens with zero attached hydrogens (tertiary/aromatic N) is 1. The van der Waals surface area contributed by atoms with E-state index in [0.717, 1.165) is 52.1 Å². The molecule has 1 fully saturated rings. The van der Waals surface area contributed by atoms with Crippen LogP contribution in [0, 0.1) is 5.92 Å². The first-order valence-corrected chi connectivity index (χ1v) is 9.74. The van der Waals surface area contributed by atoms with Crippen molar-refractivity contribution in [3.05, 3.63) is 35.4 Å². The molecule has 0 saturated carbocycles. The van der Waals surface area contributed by atoms with Crippen LogP contribution < -0.4 is 5.32 Å². The standard InChI is InChI=1S/C21H34N2O2/c1-4-18-5-7-19(8-6-18)9-10-21(24)22-16-20(15-17(2)3)23-11-13-25-14-12-23/h5-8,17,20H,4,9-16H2,1-3H3,(H,22,24). The van der Waals surface area contributed by atoms with Gasteiger partial charge < -0.3 is 10.1 Å². The molecular weight excluding hydrogens is 312 g/mol. The normalized spacial score (nSPS) is 16.8. The summed E-state index contributed by atoms with van der Waals surface area (Å²) in [5.41, 5.74) is 2.58. The third kappa shape index (κ3) is 7.17. The highest BCUT2D eigenvalue weighted by molar-refractivity contribution is 5.76. The molecule has 1 heterocycles. The summed E-state index contributed by atoms with van der Waals surface area (Å²) in [5, 5.41) is 3.16. The molecule has 0 bridgehead atoms. The smallest absolute Gasteiger partial charge is 0.220 e. The summed E-state index contributed by atoms with van der Waals surface area (Å²) in [4.78, 5) is 14.7. The molecule has 1 unspecified atom stereocenters. The number of aryl methyl sites for hydroxylation is 2. The van der Waals surface area contributed by atoms with E-state index in [9.17, 15) is 4.79 Å². The van der Waals surface area contributed by atoms with Crippen LogP contribution in [-0.4, -0.2) is 49.7 Å². The Hall–Kier alpha value is -1.39. The molecule has 0 spiro atoms. The van der Waals surface area contributed by atoms with E-state index in [4.69, 9.17) is 4.74 Å². The van der Waals surface area contributed by atoms with Crippen LogP contribution in [0.2, 0.25) is 0 Å². The van der Waals surface area contributed by atoms with Gasteiger partial charge in [-0.1, -0.05) is 45.0 Å². The van der Waals surface area contributed by atoms with Crippen molar-refractivity contribution < 1.29 is 9.53 Å². The molecule has 1 saturated heterocycles. The minimum Gasteiger partial charge on any atom is -0.379 e. The first kappa shape index (κ1) is 19.9. The largest absolute Gasteiger partial charge is 0.379 e. The first-order valence-electron chi connectivity index (χ1n) is 9.74. The van der Waals surface area contributed by atoms with Gasteiger partial charge >= 0.3 is 0 Å². The summed E-state index contributed by atoms with van der Waals surface area (Å²) < 4.78 is 5.46. The number of carbonyl (C=O) groups is 1. The molecule has 0 radical (unpaired) electrons.